The van der Waals surface area contributed by atoms with Gasteiger partial charge in [-0.2, -0.15) is 0 Å². The van der Waals surface area contributed by atoms with Gasteiger partial charge in [-0.05, 0) is 69.6 Å². The van der Waals surface area contributed by atoms with Crippen LogP contribution in [0.2, 0.25) is 0 Å². The molecule has 0 fully saturated rings. The first-order valence-electron chi connectivity index (χ1n) is 17.3. The topological polar surface area (TPSA) is 38.7 Å². The summed E-state index contributed by atoms with van der Waals surface area (Å²) in [6.45, 7) is 6.03. The molecule has 0 N–H and O–H groups in total. The molecular weight excluding hydrogens is 868 g/mol. The molecule has 0 spiro atoms. The van der Waals surface area contributed by atoms with E-state index >= 15 is 0 Å². The molecule has 0 aliphatic heterocycles. The molecule has 3 nitrogen and oxygen atoms in total. The molecule has 0 radical (unpaired) electrons. The van der Waals surface area contributed by atoms with Crippen LogP contribution in [0.25, 0.3) is 66.1 Å². The largest absolute Gasteiger partial charge is 3.00 e. The standard InChI is InChI=1S/3C16H11FN.Ir/c3*1-11-5-7-12(8-6-11)16-14-3-2-4-15(17)13(14)9-10-18-16;/h3*2-7,9-10H,1H3;/q3*-1;+3. The molecule has 0 saturated heterocycles. The molecule has 0 atom stereocenters. The fraction of sp³-hybridized carbons (Fsp3) is 0.0625. The Hall–Kier alpha value is -6.01. The number of pyridine rings is 3. The van der Waals surface area contributed by atoms with Crippen molar-refractivity contribution in [2.75, 3.05) is 0 Å². The molecule has 6 aromatic carbocycles. The number of fused-ring (bicyclic) bond motifs is 3. The SMILES string of the molecule is Cc1c[c-]c(-c2nccc3c(F)cccc23)cc1.Cc1c[c-]c(-c2nccc3c(F)cccc23)cc1.Cc1c[c-]c(-c2nccc3c(F)cccc23)cc1.[Ir+3]. The van der Waals surface area contributed by atoms with Crippen molar-refractivity contribution in [2.45, 2.75) is 20.8 Å². The minimum absolute atomic E-state index is 0. The molecule has 7 heteroatoms. The molecule has 0 amide bonds. The fourth-order valence-corrected chi connectivity index (χ4v) is 6.10. The Morgan fingerprint density at radius 2 is 0.655 bits per heavy atom. The van der Waals surface area contributed by atoms with Crippen molar-refractivity contribution in [3.63, 3.8) is 0 Å². The van der Waals surface area contributed by atoms with Crippen molar-refractivity contribution in [2.24, 2.45) is 0 Å². The van der Waals surface area contributed by atoms with Crippen LogP contribution in [-0.2, 0) is 20.1 Å². The molecule has 3 aromatic heterocycles. The van der Waals surface area contributed by atoms with Crippen LogP contribution in [0.1, 0.15) is 16.7 Å². The fourth-order valence-electron chi connectivity index (χ4n) is 6.10. The minimum Gasteiger partial charge on any atom is -0.304 e. The molecule has 9 rings (SSSR count). The van der Waals surface area contributed by atoms with E-state index in [4.69, 9.17) is 0 Å². The summed E-state index contributed by atoms with van der Waals surface area (Å²) in [4.78, 5) is 13.0. The Balaban J connectivity index is 0.000000139. The van der Waals surface area contributed by atoms with E-state index in [1.807, 2.05) is 93.6 Å². The average molecular weight is 901 g/mol. The van der Waals surface area contributed by atoms with Gasteiger partial charge >= 0.3 is 20.1 Å². The minimum atomic E-state index is -0.219. The van der Waals surface area contributed by atoms with Gasteiger partial charge in [-0.3, -0.25) is 0 Å². The molecule has 0 aliphatic rings. The maximum absolute atomic E-state index is 13.7. The van der Waals surface area contributed by atoms with Crippen LogP contribution in [0.4, 0.5) is 13.2 Å². The summed E-state index contributed by atoms with van der Waals surface area (Å²) in [7, 11) is 0. The van der Waals surface area contributed by atoms with Gasteiger partial charge in [0.1, 0.15) is 17.5 Å². The molecule has 55 heavy (non-hydrogen) atoms. The van der Waals surface area contributed by atoms with E-state index in [2.05, 4.69) is 33.2 Å². The van der Waals surface area contributed by atoms with Gasteiger partial charge in [0, 0.05) is 34.7 Å². The number of halogens is 3. The number of hydrogen-bond donors (Lipinski definition) is 0. The van der Waals surface area contributed by atoms with Crippen molar-refractivity contribution >= 4 is 32.3 Å². The number of hydrogen-bond acceptors (Lipinski definition) is 3. The Kier molecular flexibility index (Phi) is 12.3. The number of rotatable bonds is 3. The van der Waals surface area contributed by atoms with Crippen LogP contribution in [0.15, 0.2) is 146 Å². The Morgan fingerprint density at radius 1 is 0.364 bits per heavy atom. The average Bonchev–Trinajstić information content (AvgIpc) is 3.20. The van der Waals surface area contributed by atoms with Crippen molar-refractivity contribution in [3.8, 4) is 33.8 Å². The van der Waals surface area contributed by atoms with Gasteiger partial charge in [-0.15, -0.1) is 106 Å². The van der Waals surface area contributed by atoms with E-state index < -0.39 is 0 Å². The summed E-state index contributed by atoms with van der Waals surface area (Å²) >= 11 is 0. The first-order valence-corrected chi connectivity index (χ1v) is 17.3. The number of benzene rings is 6. The third kappa shape index (κ3) is 8.70. The molecule has 3 heterocycles. The zero-order chi connectivity index (χ0) is 37.6. The van der Waals surface area contributed by atoms with Gasteiger partial charge in [0.25, 0.3) is 0 Å². The second-order valence-corrected chi connectivity index (χ2v) is 12.8. The van der Waals surface area contributed by atoms with Crippen molar-refractivity contribution in [1.29, 1.82) is 0 Å². The summed E-state index contributed by atoms with van der Waals surface area (Å²) in [5, 5.41) is 4.23. The molecule has 0 unspecified atom stereocenters. The van der Waals surface area contributed by atoms with Crippen molar-refractivity contribution < 1.29 is 33.3 Å². The second kappa shape index (κ2) is 17.4. The van der Waals surface area contributed by atoms with Gasteiger partial charge in [0.15, 0.2) is 0 Å². The first kappa shape index (κ1) is 38.7. The van der Waals surface area contributed by atoms with Gasteiger partial charge in [-0.25, -0.2) is 13.2 Å². The zero-order valence-corrected chi connectivity index (χ0v) is 32.6. The van der Waals surface area contributed by atoms with Gasteiger partial charge in [0.05, 0.1) is 0 Å². The van der Waals surface area contributed by atoms with Crippen LogP contribution in [0.5, 0.6) is 0 Å². The molecular formula is C48H33F3IrN3. The van der Waals surface area contributed by atoms with Crippen LogP contribution in [-0.4, -0.2) is 15.0 Å². The number of nitrogens with zero attached hydrogens (tertiary/aromatic N) is 3. The third-order valence-corrected chi connectivity index (χ3v) is 8.93. The second-order valence-electron chi connectivity index (χ2n) is 12.8. The molecule has 0 aliphatic carbocycles. The van der Waals surface area contributed by atoms with Crippen LogP contribution >= 0.6 is 0 Å². The molecule has 0 bridgehead atoms. The van der Waals surface area contributed by atoms with Crippen molar-refractivity contribution in [3.05, 3.63) is 198 Å². The van der Waals surface area contributed by atoms with Gasteiger partial charge in [-0.1, -0.05) is 57.2 Å². The van der Waals surface area contributed by atoms with E-state index in [0.29, 0.717) is 16.2 Å². The summed E-state index contributed by atoms with van der Waals surface area (Å²) in [6.07, 6.45) is 4.90. The third-order valence-electron chi connectivity index (χ3n) is 8.93. The van der Waals surface area contributed by atoms with E-state index in [1.54, 1.807) is 55.0 Å². The molecule has 9 aromatic rings. The monoisotopic (exact) mass is 901 g/mol. The Labute approximate surface area is 332 Å². The maximum Gasteiger partial charge on any atom is 3.00 e. The van der Waals surface area contributed by atoms with Gasteiger partial charge in [0.2, 0.25) is 0 Å². The Morgan fingerprint density at radius 3 is 0.909 bits per heavy atom. The molecule has 0 saturated carbocycles. The number of aromatic nitrogens is 3. The predicted octanol–water partition coefficient (Wildman–Crippen LogP) is 12.4. The van der Waals surface area contributed by atoms with E-state index in [0.717, 1.165) is 66.6 Å². The summed E-state index contributed by atoms with van der Waals surface area (Å²) < 4.78 is 41.1. The molecule has 270 valence electrons. The summed E-state index contributed by atoms with van der Waals surface area (Å²) in [5.41, 5.74) is 8.40. The first-order chi connectivity index (χ1) is 26.3. The normalized spacial score (nSPS) is 10.6. The van der Waals surface area contributed by atoms with Crippen LogP contribution in [0.3, 0.4) is 0 Å². The van der Waals surface area contributed by atoms with E-state index in [-0.39, 0.29) is 37.6 Å². The van der Waals surface area contributed by atoms with E-state index in [9.17, 15) is 13.2 Å². The summed E-state index contributed by atoms with van der Waals surface area (Å²) in [6, 6.07) is 47.4. The maximum atomic E-state index is 13.7. The smallest absolute Gasteiger partial charge is 0.304 e. The quantitative estimate of drug-likeness (QED) is 0.166. The van der Waals surface area contributed by atoms with Crippen molar-refractivity contribution in [1.82, 2.24) is 15.0 Å². The Bertz CT molecular complexity index is 2410. The number of aryl methyl sites for hydroxylation is 3. The van der Waals surface area contributed by atoms with Crippen LogP contribution < -0.4 is 0 Å². The summed E-state index contributed by atoms with van der Waals surface area (Å²) in [5.74, 6) is -0.658. The predicted molar refractivity (Wildman–Crippen MR) is 212 cm³/mol. The van der Waals surface area contributed by atoms with E-state index in [1.165, 1.54) is 18.2 Å². The van der Waals surface area contributed by atoms with Crippen LogP contribution in [0, 0.1) is 56.4 Å². The van der Waals surface area contributed by atoms with Gasteiger partial charge < -0.3 is 15.0 Å². The zero-order valence-electron chi connectivity index (χ0n) is 30.2.